The number of ether oxygens (including phenoxy) is 2. The number of nitrogens with one attached hydrogen (secondary N) is 1. The highest BCUT2D eigenvalue weighted by Crippen LogP contribution is 2.46. The molecule has 1 aliphatic rings. The van der Waals surface area contributed by atoms with Gasteiger partial charge in [-0.3, -0.25) is 4.79 Å². The van der Waals surface area contributed by atoms with Crippen LogP contribution in [0, 0.1) is 5.92 Å². The summed E-state index contributed by atoms with van der Waals surface area (Å²) in [6.45, 7) is 5.58. The maximum absolute atomic E-state index is 12.9. The average molecular weight is 583 g/mol. The number of likely N-dealkylation sites (tertiary alicyclic amines) is 1. The minimum atomic E-state index is -1.24. The smallest absolute Gasteiger partial charge is 0.410 e. The van der Waals surface area contributed by atoms with Gasteiger partial charge in [0.2, 0.25) is 5.91 Å². The number of rotatable bonds is 7. The van der Waals surface area contributed by atoms with Crippen molar-refractivity contribution in [1.82, 2.24) is 4.90 Å². The van der Waals surface area contributed by atoms with Crippen LogP contribution in [-0.2, 0) is 14.3 Å². The van der Waals surface area contributed by atoms with Crippen LogP contribution in [0.2, 0.25) is 0 Å². The number of amides is 2. The third kappa shape index (κ3) is 6.97. The zero-order valence-electron chi connectivity index (χ0n) is 20.0. The van der Waals surface area contributed by atoms with Crippen molar-refractivity contribution in [3.05, 3.63) is 33.6 Å². The molecule has 3 rings (SSSR count). The molecule has 2 aromatic rings. The van der Waals surface area contributed by atoms with Crippen molar-refractivity contribution in [1.29, 1.82) is 0 Å². The van der Waals surface area contributed by atoms with Crippen LogP contribution >= 0.6 is 27.3 Å². The Kier molecular flexibility index (Phi) is 8.62. The van der Waals surface area contributed by atoms with Gasteiger partial charge in [0.15, 0.2) is 17.2 Å². The normalized spacial score (nSPS) is 14.3. The highest BCUT2D eigenvalue weighted by molar-refractivity contribution is 9.10. The van der Waals surface area contributed by atoms with E-state index in [0.29, 0.717) is 46.5 Å². The van der Waals surface area contributed by atoms with Crippen LogP contribution in [-0.4, -0.2) is 64.3 Å². The van der Waals surface area contributed by atoms with Gasteiger partial charge in [0.05, 0.1) is 9.35 Å². The van der Waals surface area contributed by atoms with Crippen molar-refractivity contribution < 1.29 is 38.9 Å². The number of hydrogen-bond donors (Lipinski definition) is 3. The molecular formula is C24H27BrN2O8S. The number of halogens is 1. The molecule has 2 amide bonds. The lowest BCUT2D eigenvalue weighted by molar-refractivity contribution is -0.139. The summed E-state index contributed by atoms with van der Waals surface area (Å²) in [5.74, 6) is -2.97. The number of carbonyl (C=O) groups is 4. The van der Waals surface area contributed by atoms with Crippen LogP contribution in [0.5, 0.6) is 5.75 Å². The first-order valence-electron chi connectivity index (χ1n) is 11.1. The van der Waals surface area contributed by atoms with Crippen LogP contribution in [0.4, 0.5) is 10.5 Å². The summed E-state index contributed by atoms with van der Waals surface area (Å²) in [4.78, 5) is 49.7. The third-order valence-electron chi connectivity index (χ3n) is 5.25. The van der Waals surface area contributed by atoms with Crippen LogP contribution < -0.4 is 10.1 Å². The molecule has 0 saturated carbocycles. The number of nitrogens with zero attached hydrogens (tertiary/aromatic N) is 1. The van der Waals surface area contributed by atoms with Crippen molar-refractivity contribution in [3.63, 3.8) is 0 Å². The molecule has 1 aliphatic heterocycles. The van der Waals surface area contributed by atoms with E-state index in [2.05, 4.69) is 21.2 Å². The van der Waals surface area contributed by atoms with E-state index in [4.69, 9.17) is 14.6 Å². The highest BCUT2D eigenvalue weighted by Gasteiger charge is 2.30. The Balaban J connectivity index is 1.69. The topological polar surface area (TPSA) is 142 Å². The third-order valence-corrected chi connectivity index (χ3v) is 7.48. The maximum Gasteiger partial charge on any atom is 0.410 e. The summed E-state index contributed by atoms with van der Waals surface area (Å²) in [6, 6.07) is 6.90. The summed E-state index contributed by atoms with van der Waals surface area (Å²) < 4.78 is 10.9. The van der Waals surface area contributed by atoms with Gasteiger partial charge in [-0.15, -0.1) is 11.3 Å². The van der Waals surface area contributed by atoms with Gasteiger partial charge in [-0.2, -0.15) is 0 Å². The molecule has 3 N–H and O–H groups in total. The number of carbonyl (C=O) groups excluding carboxylic acids is 2. The molecule has 36 heavy (non-hydrogen) atoms. The molecule has 1 aromatic heterocycles. The zero-order chi connectivity index (χ0) is 26.6. The monoisotopic (exact) mass is 582 g/mol. The number of thiophene rings is 1. The highest BCUT2D eigenvalue weighted by atomic mass is 79.9. The van der Waals surface area contributed by atoms with Gasteiger partial charge in [-0.05, 0) is 67.2 Å². The first-order chi connectivity index (χ1) is 16.9. The van der Waals surface area contributed by atoms with Crippen molar-refractivity contribution in [2.24, 2.45) is 5.92 Å². The van der Waals surface area contributed by atoms with E-state index in [1.54, 1.807) is 49.9 Å². The molecule has 194 valence electrons. The zero-order valence-corrected chi connectivity index (χ0v) is 22.4. The Labute approximate surface area is 220 Å². The lowest BCUT2D eigenvalue weighted by Crippen LogP contribution is -2.43. The number of piperidine rings is 1. The summed E-state index contributed by atoms with van der Waals surface area (Å²) in [7, 11) is 0. The molecular weight excluding hydrogens is 556 g/mol. The fraction of sp³-hybridized carbons (Fsp3) is 0.417. The molecule has 0 spiro atoms. The van der Waals surface area contributed by atoms with E-state index in [1.165, 1.54) is 0 Å². The van der Waals surface area contributed by atoms with Crippen LogP contribution in [0.1, 0.15) is 43.3 Å². The van der Waals surface area contributed by atoms with Gasteiger partial charge >= 0.3 is 18.0 Å². The van der Waals surface area contributed by atoms with Crippen molar-refractivity contribution in [2.45, 2.75) is 39.2 Å². The Hall–Kier alpha value is -3.12. The summed E-state index contributed by atoms with van der Waals surface area (Å²) in [6.07, 6.45) is 0.629. The van der Waals surface area contributed by atoms with Gasteiger partial charge in [-0.25, -0.2) is 14.4 Å². The van der Waals surface area contributed by atoms with Crippen molar-refractivity contribution in [3.8, 4) is 16.2 Å². The molecule has 0 aliphatic carbocycles. The number of anilines is 1. The molecule has 0 unspecified atom stereocenters. The molecule has 1 fully saturated rings. The number of hydrogen-bond acceptors (Lipinski definition) is 7. The second-order valence-corrected chi connectivity index (χ2v) is 11.0. The first-order valence-corrected chi connectivity index (χ1v) is 12.8. The number of carboxylic acid groups (broad SMARTS) is 2. The Morgan fingerprint density at radius 2 is 1.83 bits per heavy atom. The lowest BCUT2D eigenvalue weighted by Gasteiger charge is -2.32. The standard InChI is InChI=1S/C24H27BrN2O8S/c1-24(2,3)35-23(33)27-9-7-13(8-10-27)21(30)26-15-6-4-5-14(11-15)19-17(25)18(34-12-16(28)29)20(36-19)22(31)32/h4-6,11,13H,7-10,12H2,1-3H3,(H,26,30)(H,28,29)(H,31,32). The SMILES string of the molecule is CC(C)(C)OC(=O)N1CCC(C(=O)Nc2cccc(-c3sc(C(=O)O)c(OCC(=O)O)c3Br)c2)CC1. The quantitative estimate of drug-likeness (QED) is 0.417. The maximum atomic E-state index is 12.9. The molecule has 1 aromatic carbocycles. The summed E-state index contributed by atoms with van der Waals surface area (Å²) in [5, 5.41) is 21.3. The molecule has 0 bridgehead atoms. The predicted molar refractivity (Wildman–Crippen MR) is 137 cm³/mol. The number of benzene rings is 1. The predicted octanol–water partition coefficient (Wildman–Crippen LogP) is 4.92. The summed E-state index contributed by atoms with van der Waals surface area (Å²) >= 11 is 4.26. The van der Waals surface area contributed by atoms with E-state index in [9.17, 15) is 24.3 Å². The molecule has 2 heterocycles. The van der Waals surface area contributed by atoms with Gasteiger partial charge in [0.25, 0.3) is 0 Å². The fourth-order valence-corrected chi connectivity index (χ4v) is 5.51. The second-order valence-electron chi connectivity index (χ2n) is 9.20. The van der Waals surface area contributed by atoms with Gasteiger partial charge in [0, 0.05) is 24.7 Å². The Bertz CT molecular complexity index is 1170. The minimum Gasteiger partial charge on any atom is -0.479 e. The average Bonchev–Trinajstić information content (AvgIpc) is 3.13. The van der Waals surface area contributed by atoms with Gasteiger partial charge in [-0.1, -0.05) is 12.1 Å². The fourth-order valence-electron chi connectivity index (χ4n) is 3.62. The van der Waals surface area contributed by atoms with Gasteiger partial charge in [0.1, 0.15) is 5.60 Å². The number of aromatic carboxylic acids is 1. The van der Waals surface area contributed by atoms with Crippen molar-refractivity contribution in [2.75, 3.05) is 25.0 Å². The Morgan fingerprint density at radius 1 is 1.17 bits per heavy atom. The second kappa shape index (κ2) is 11.3. The summed E-state index contributed by atoms with van der Waals surface area (Å²) in [5.41, 5.74) is 0.566. The van der Waals surface area contributed by atoms with Crippen LogP contribution in [0.15, 0.2) is 28.7 Å². The lowest BCUT2D eigenvalue weighted by atomic mass is 9.96. The van der Waals surface area contributed by atoms with E-state index in [0.717, 1.165) is 11.3 Å². The molecule has 1 saturated heterocycles. The van der Waals surface area contributed by atoms with Crippen LogP contribution in [0.3, 0.4) is 0 Å². The molecule has 12 heteroatoms. The number of carboxylic acids is 2. The van der Waals surface area contributed by atoms with E-state index in [-0.39, 0.29) is 28.5 Å². The minimum absolute atomic E-state index is 0.0592. The molecule has 0 atom stereocenters. The number of aliphatic carboxylic acids is 1. The molecule has 0 radical (unpaired) electrons. The van der Waals surface area contributed by atoms with Crippen molar-refractivity contribution >= 4 is 56.9 Å². The van der Waals surface area contributed by atoms with E-state index < -0.39 is 24.1 Å². The van der Waals surface area contributed by atoms with Gasteiger partial charge < -0.3 is 29.9 Å². The Morgan fingerprint density at radius 3 is 2.42 bits per heavy atom. The first kappa shape index (κ1) is 27.5. The van der Waals surface area contributed by atoms with Crippen LogP contribution in [0.25, 0.3) is 10.4 Å². The van der Waals surface area contributed by atoms with E-state index in [1.807, 2.05) is 0 Å². The van der Waals surface area contributed by atoms with E-state index >= 15 is 0 Å². The molecule has 10 nitrogen and oxygen atoms in total. The largest absolute Gasteiger partial charge is 0.479 e.